The van der Waals surface area contributed by atoms with Crippen LogP contribution < -0.4 is 10.6 Å². The second-order valence-corrected chi connectivity index (χ2v) is 1.50. The van der Waals surface area contributed by atoms with Crippen molar-refractivity contribution < 1.29 is 0 Å². The van der Waals surface area contributed by atoms with E-state index in [4.69, 9.17) is 0 Å². The summed E-state index contributed by atoms with van der Waals surface area (Å²) in [5.74, 6) is 0. The fourth-order valence-electron chi connectivity index (χ4n) is 0.604. The monoisotopic (exact) mass is 92.1 g/mol. The van der Waals surface area contributed by atoms with Crippen LogP contribution in [0.15, 0.2) is 0 Å². The molecular weight excluding hydrogens is 82.0 g/mol. The Morgan fingerprint density at radius 1 is 0.667 bits per heavy atom. The van der Waals surface area contributed by atoms with E-state index in [1.54, 1.807) is 0 Å². The SMILES string of the molecule is [13CH2]1[13CH2][15NH][13CH2][13CH2][15NH]1. The highest BCUT2D eigenvalue weighted by Gasteiger charge is 1.91. The lowest BCUT2D eigenvalue weighted by Gasteiger charge is -2.11. The van der Waals surface area contributed by atoms with Crippen molar-refractivity contribution in [1.82, 2.24) is 10.6 Å². The van der Waals surface area contributed by atoms with Crippen LogP contribution in [-0.4, -0.2) is 26.2 Å². The molecule has 2 heteroatoms. The Labute approximate surface area is 37.9 Å². The van der Waals surface area contributed by atoms with Gasteiger partial charge in [0.05, 0.1) is 0 Å². The van der Waals surface area contributed by atoms with Gasteiger partial charge in [0.25, 0.3) is 0 Å². The third-order valence-electron chi connectivity index (χ3n) is 0.957. The van der Waals surface area contributed by atoms with Crippen molar-refractivity contribution in [3.8, 4) is 0 Å². The largest absolute Gasteiger partial charge is 0.314 e. The molecular formula is C4H10N2. The molecule has 0 amide bonds. The third-order valence-corrected chi connectivity index (χ3v) is 0.957. The van der Waals surface area contributed by atoms with E-state index in [0.29, 0.717) is 0 Å². The molecule has 0 aromatic rings. The van der Waals surface area contributed by atoms with Crippen molar-refractivity contribution in [2.45, 2.75) is 0 Å². The molecule has 0 spiro atoms. The van der Waals surface area contributed by atoms with E-state index in [2.05, 4.69) is 10.6 Å². The Bertz CT molecular complexity index is 21.0. The summed E-state index contributed by atoms with van der Waals surface area (Å²) in [6.07, 6.45) is 0. The molecule has 1 aliphatic rings. The van der Waals surface area contributed by atoms with Gasteiger partial charge in [-0.15, -0.1) is 0 Å². The molecule has 0 aromatic carbocycles. The molecule has 2 N–H and O–H groups in total. The van der Waals surface area contributed by atoms with Gasteiger partial charge < -0.3 is 10.6 Å². The van der Waals surface area contributed by atoms with Crippen molar-refractivity contribution in [1.29, 1.82) is 0 Å². The minimum Gasteiger partial charge on any atom is -0.314 e. The zero-order valence-corrected chi connectivity index (χ0v) is 3.83. The highest BCUT2D eigenvalue weighted by molar-refractivity contribution is 4.59. The molecule has 0 aliphatic carbocycles. The molecule has 0 bridgehead atoms. The van der Waals surface area contributed by atoms with Crippen LogP contribution >= 0.6 is 0 Å². The zero-order chi connectivity index (χ0) is 4.24. The van der Waals surface area contributed by atoms with E-state index < -0.39 is 0 Å². The lowest BCUT2D eigenvalue weighted by molar-refractivity contribution is 0.534. The minimum atomic E-state index is 1.14. The van der Waals surface area contributed by atoms with Crippen molar-refractivity contribution >= 4 is 0 Å². The van der Waals surface area contributed by atoms with Gasteiger partial charge in [-0.3, -0.25) is 0 Å². The quantitative estimate of drug-likeness (QED) is 0.301. The predicted octanol–water partition coefficient (Wildman–Crippen LogP) is -0.821. The second-order valence-electron chi connectivity index (χ2n) is 1.50. The second kappa shape index (κ2) is 2.16. The van der Waals surface area contributed by atoms with E-state index in [1.807, 2.05) is 0 Å². The fraction of sp³-hybridized carbons (Fsp3) is 1.00. The number of hydrogen-bond donors (Lipinski definition) is 2. The molecule has 0 unspecified atom stereocenters. The highest BCUT2D eigenvalue weighted by Crippen LogP contribution is 1.65. The molecule has 1 saturated heterocycles. The first-order chi connectivity index (χ1) is 3.00. The van der Waals surface area contributed by atoms with Gasteiger partial charge in [0.2, 0.25) is 0 Å². The molecule has 2 nitrogen and oxygen atoms in total. The molecule has 0 aromatic heterocycles. The van der Waals surface area contributed by atoms with E-state index in [-0.39, 0.29) is 0 Å². The van der Waals surface area contributed by atoms with Crippen molar-refractivity contribution in [3.63, 3.8) is 0 Å². The highest BCUT2D eigenvalue weighted by atomic mass is 16.0. The molecule has 1 heterocycles. The molecule has 6 heavy (non-hydrogen) atoms. The van der Waals surface area contributed by atoms with Gasteiger partial charge in [0.1, 0.15) is 0 Å². The van der Waals surface area contributed by atoms with Crippen LogP contribution in [-0.2, 0) is 0 Å². The maximum atomic E-state index is 3.22. The first-order valence-corrected chi connectivity index (χ1v) is 2.41. The molecule has 1 aliphatic heterocycles. The normalized spacial score (nSPS) is 24.0. The van der Waals surface area contributed by atoms with E-state index >= 15 is 0 Å². The topological polar surface area (TPSA) is 24.1 Å². The van der Waals surface area contributed by atoms with Crippen LogP contribution in [0.25, 0.3) is 0 Å². The summed E-state index contributed by atoms with van der Waals surface area (Å²) in [5.41, 5.74) is 0. The Kier molecular flexibility index (Phi) is 1.47. The summed E-state index contributed by atoms with van der Waals surface area (Å²) in [5, 5.41) is 6.44. The Hall–Kier alpha value is -0.0800. The lowest BCUT2D eigenvalue weighted by atomic mass is 11.4. The molecule has 1 fully saturated rings. The van der Waals surface area contributed by atoms with Gasteiger partial charge in [0, 0.05) is 26.2 Å². The molecule has 36 valence electrons. The van der Waals surface area contributed by atoms with E-state index in [9.17, 15) is 0 Å². The zero-order valence-electron chi connectivity index (χ0n) is 3.83. The van der Waals surface area contributed by atoms with Crippen LogP contribution in [0, 0.1) is 0 Å². The number of hydrogen-bond acceptors (Lipinski definition) is 2. The summed E-state index contributed by atoms with van der Waals surface area (Å²) < 4.78 is 0. The maximum absolute atomic E-state index is 3.22. The van der Waals surface area contributed by atoms with Gasteiger partial charge in [0.15, 0.2) is 0 Å². The van der Waals surface area contributed by atoms with Gasteiger partial charge in [-0.05, 0) is 0 Å². The van der Waals surface area contributed by atoms with Crippen LogP contribution in [0.4, 0.5) is 0 Å². The summed E-state index contributed by atoms with van der Waals surface area (Å²) >= 11 is 0. The van der Waals surface area contributed by atoms with E-state index in [1.165, 1.54) is 0 Å². The first-order valence-electron chi connectivity index (χ1n) is 2.41. The maximum Gasteiger partial charge on any atom is 0.00772 e. The fourth-order valence-corrected chi connectivity index (χ4v) is 0.604. The Balaban J connectivity index is 2.00. The summed E-state index contributed by atoms with van der Waals surface area (Å²) in [7, 11) is 0. The van der Waals surface area contributed by atoms with Crippen LogP contribution in [0.5, 0.6) is 0 Å². The molecule has 0 radical (unpaired) electrons. The number of rotatable bonds is 0. The van der Waals surface area contributed by atoms with Crippen molar-refractivity contribution in [2.75, 3.05) is 26.2 Å². The lowest BCUT2D eigenvalue weighted by Crippen LogP contribution is -2.39. The van der Waals surface area contributed by atoms with Crippen LogP contribution in [0.1, 0.15) is 0 Å². The molecule has 1 rings (SSSR count). The number of piperazine rings is 1. The van der Waals surface area contributed by atoms with Gasteiger partial charge >= 0.3 is 0 Å². The van der Waals surface area contributed by atoms with E-state index in [0.717, 1.165) is 26.2 Å². The summed E-state index contributed by atoms with van der Waals surface area (Å²) in [6.45, 7) is 4.56. The van der Waals surface area contributed by atoms with Crippen LogP contribution in [0.3, 0.4) is 0 Å². The Morgan fingerprint density at radius 3 is 1.17 bits per heavy atom. The van der Waals surface area contributed by atoms with Gasteiger partial charge in [-0.2, -0.15) is 0 Å². The predicted molar refractivity (Wildman–Crippen MR) is 25.7 cm³/mol. The Morgan fingerprint density at radius 2 is 1.00 bits per heavy atom. The average molecular weight is 92.1 g/mol. The minimum absolute atomic E-state index is 1.14. The van der Waals surface area contributed by atoms with Gasteiger partial charge in [-0.25, -0.2) is 0 Å². The smallest absolute Gasteiger partial charge is 0.00772 e. The number of nitrogens with one attached hydrogen (secondary N) is 2. The first kappa shape index (κ1) is 4.09. The summed E-state index contributed by atoms with van der Waals surface area (Å²) in [4.78, 5) is 0. The van der Waals surface area contributed by atoms with Crippen molar-refractivity contribution in [2.24, 2.45) is 0 Å². The summed E-state index contributed by atoms with van der Waals surface area (Å²) in [6, 6.07) is 0. The van der Waals surface area contributed by atoms with Crippen molar-refractivity contribution in [3.05, 3.63) is 0 Å². The molecule has 0 saturated carbocycles. The third kappa shape index (κ3) is 0.954. The average Bonchev–Trinajstić information content (AvgIpc) is 1.72. The van der Waals surface area contributed by atoms with Gasteiger partial charge in [-0.1, -0.05) is 0 Å². The standard InChI is InChI=1S/C4H10N2/c1-2-6-4-3-5-1/h5-6H,1-4H2/i1+1,2+1,3+1,4+1,5+1,6+1. The van der Waals surface area contributed by atoms with Crippen LogP contribution in [0.2, 0.25) is 0 Å². The molecule has 0 atom stereocenters.